The average Bonchev–Trinajstić information content (AvgIpc) is 3.40. The van der Waals surface area contributed by atoms with Crippen molar-refractivity contribution in [3.05, 3.63) is 93.7 Å². The zero-order chi connectivity index (χ0) is 23.1. The second-order valence-corrected chi connectivity index (χ2v) is 9.29. The highest BCUT2D eigenvalue weighted by molar-refractivity contribution is 9.10. The molecule has 1 fully saturated rings. The maximum atomic E-state index is 13.7. The molecule has 0 unspecified atom stereocenters. The first-order valence-electron chi connectivity index (χ1n) is 10.7. The molecule has 1 aliphatic heterocycles. The molecular formula is C26H21BrFNO4. The van der Waals surface area contributed by atoms with E-state index in [1.165, 1.54) is 11.0 Å². The van der Waals surface area contributed by atoms with Crippen molar-refractivity contribution in [1.82, 2.24) is 4.90 Å². The number of hydrogen-bond donors (Lipinski definition) is 1. The van der Waals surface area contributed by atoms with Gasteiger partial charge in [0.25, 0.3) is 0 Å². The minimum atomic E-state index is -0.991. The Kier molecular flexibility index (Phi) is 5.66. The molecule has 1 heterocycles. The summed E-state index contributed by atoms with van der Waals surface area (Å²) in [4.78, 5) is 26.3. The van der Waals surface area contributed by atoms with Crippen molar-refractivity contribution in [2.45, 2.75) is 11.8 Å². The van der Waals surface area contributed by atoms with E-state index in [1.54, 1.807) is 12.1 Å². The lowest BCUT2D eigenvalue weighted by Gasteiger charge is -2.19. The zero-order valence-corrected chi connectivity index (χ0v) is 19.2. The first kappa shape index (κ1) is 21.6. The van der Waals surface area contributed by atoms with Crippen LogP contribution in [0.1, 0.15) is 28.5 Å². The van der Waals surface area contributed by atoms with Crippen LogP contribution < -0.4 is 0 Å². The van der Waals surface area contributed by atoms with Crippen molar-refractivity contribution in [2.24, 2.45) is 5.92 Å². The first-order chi connectivity index (χ1) is 15.9. The standard InChI is InChI=1S/C26H21BrFNO4/c27-23-11-15(9-10-24(23)28)20-12-29(13-21(20)25(30)31)26(32)33-14-22-18-7-3-1-5-16(18)17-6-2-4-8-19(17)22/h1-11,20-22H,12-14H2,(H,30,31)/t20-,21+/m0/s1. The number of rotatable bonds is 4. The van der Waals surface area contributed by atoms with E-state index in [0.29, 0.717) is 5.56 Å². The van der Waals surface area contributed by atoms with Gasteiger partial charge in [-0.3, -0.25) is 4.79 Å². The summed E-state index contributed by atoms with van der Waals surface area (Å²) in [7, 11) is 0. The second-order valence-electron chi connectivity index (χ2n) is 8.43. The van der Waals surface area contributed by atoms with E-state index in [9.17, 15) is 19.1 Å². The molecule has 7 heteroatoms. The van der Waals surface area contributed by atoms with E-state index < -0.39 is 29.7 Å². The molecule has 168 valence electrons. The third kappa shape index (κ3) is 3.91. The van der Waals surface area contributed by atoms with Crippen molar-refractivity contribution in [3.63, 3.8) is 0 Å². The molecule has 0 radical (unpaired) electrons. The summed E-state index contributed by atoms with van der Waals surface area (Å²) in [5, 5.41) is 9.72. The smallest absolute Gasteiger partial charge is 0.409 e. The van der Waals surface area contributed by atoms with Gasteiger partial charge in [-0.2, -0.15) is 0 Å². The van der Waals surface area contributed by atoms with E-state index in [1.807, 2.05) is 36.4 Å². The third-order valence-electron chi connectivity index (χ3n) is 6.60. The molecule has 1 N–H and O–H groups in total. The highest BCUT2D eigenvalue weighted by Gasteiger charge is 2.41. The molecule has 1 amide bonds. The largest absolute Gasteiger partial charge is 0.481 e. The number of fused-ring (bicyclic) bond motifs is 3. The molecule has 3 aromatic carbocycles. The number of carboxylic acids is 1. The van der Waals surface area contributed by atoms with Gasteiger partial charge in [0.05, 0.1) is 10.4 Å². The average molecular weight is 510 g/mol. The maximum Gasteiger partial charge on any atom is 0.409 e. The molecular weight excluding hydrogens is 489 g/mol. The number of carbonyl (C=O) groups is 2. The number of aliphatic carboxylic acids is 1. The number of likely N-dealkylation sites (tertiary alicyclic amines) is 1. The van der Waals surface area contributed by atoms with Crippen LogP contribution in [0.4, 0.5) is 9.18 Å². The van der Waals surface area contributed by atoms with Gasteiger partial charge in [0.2, 0.25) is 0 Å². The number of carbonyl (C=O) groups excluding carboxylic acids is 1. The van der Waals surface area contributed by atoms with Gasteiger partial charge in [-0.15, -0.1) is 0 Å². The Hall–Kier alpha value is -3.19. The van der Waals surface area contributed by atoms with E-state index in [-0.39, 0.29) is 30.1 Å². The molecule has 3 aromatic rings. The van der Waals surface area contributed by atoms with Crippen LogP contribution in [0.25, 0.3) is 11.1 Å². The van der Waals surface area contributed by atoms with Gasteiger partial charge in [0.1, 0.15) is 12.4 Å². The molecule has 2 atom stereocenters. The molecule has 5 nitrogen and oxygen atoms in total. The number of amides is 1. The maximum absolute atomic E-state index is 13.7. The summed E-state index contributed by atoms with van der Waals surface area (Å²) in [6.07, 6.45) is -0.535. The van der Waals surface area contributed by atoms with Gasteiger partial charge in [0, 0.05) is 24.9 Å². The van der Waals surface area contributed by atoms with Gasteiger partial charge in [-0.25, -0.2) is 9.18 Å². The van der Waals surface area contributed by atoms with Crippen LogP contribution in [0.5, 0.6) is 0 Å². The van der Waals surface area contributed by atoms with E-state index >= 15 is 0 Å². The van der Waals surface area contributed by atoms with Gasteiger partial charge in [-0.05, 0) is 55.9 Å². The Morgan fingerprint density at radius 3 is 2.24 bits per heavy atom. The predicted octanol–water partition coefficient (Wildman–Crippen LogP) is 5.64. The Labute approximate surface area is 198 Å². The Balaban J connectivity index is 1.32. The van der Waals surface area contributed by atoms with Crippen molar-refractivity contribution in [3.8, 4) is 11.1 Å². The lowest BCUT2D eigenvalue weighted by Crippen LogP contribution is -2.31. The summed E-state index contributed by atoms with van der Waals surface area (Å²) in [6.45, 7) is 0.422. The first-order valence-corrected chi connectivity index (χ1v) is 11.5. The second kappa shape index (κ2) is 8.63. The Morgan fingerprint density at radius 2 is 1.64 bits per heavy atom. The number of ether oxygens (including phenoxy) is 1. The highest BCUT2D eigenvalue weighted by atomic mass is 79.9. The molecule has 5 rings (SSSR count). The summed E-state index contributed by atoms with van der Waals surface area (Å²) in [5.74, 6) is -2.71. The van der Waals surface area contributed by atoms with Crippen LogP contribution in [-0.2, 0) is 9.53 Å². The summed E-state index contributed by atoms with van der Waals surface area (Å²) in [6, 6.07) is 20.6. The van der Waals surface area contributed by atoms with E-state index in [2.05, 4.69) is 28.1 Å². The summed E-state index contributed by atoms with van der Waals surface area (Å²) in [5.41, 5.74) is 5.19. The molecule has 33 heavy (non-hydrogen) atoms. The topological polar surface area (TPSA) is 66.8 Å². The predicted molar refractivity (Wildman–Crippen MR) is 125 cm³/mol. The highest BCUT2D eigenvalue weighted by Crippen LogP contribution is 2.44. The quantitative estimate of drug-likeness (QED) is 0.494. The summed E-state index contributed by atoms with van der Waals surface area (Å²) >= 11 is 3.16. The van der Waals surface area contributed by atoms with Crippen molar-refractivity contribution >= 4 is 28.0 Å². The molecule has 1 aliphatic carbocycles. The fourth-order valence-electron chi connectivity index (χ4n) is 4.97. The molecule has 0 saturated carbocycles. The number of hydrogen-bond acceptors (Lipinski definition) is 3. The van der Waals surface area contributed by atoms with Crippen LogP contribution in [0.2, 0.25) is 0 Å². The minimum Gasteiger partial charge on any atom is -0.481 e. The van der Waals surface area contributed by atoms with Crippen molar-refractivity contribution in [1.29, 1.82) is 0 Å². The van der Waals surface area contributed by atoms with Gasteiger partial charge in [-0.1, -0.05) is 54.6 Å². The molecule has 2 aliphatic rings. The van der Waals surface area contributed by atoms with Crippen molar-refractivity contribution < 1.29 is 23.8 Å². The molecule has 0 aromatic heterocycles. The van der Waals surface area contributed by atoms with E-state index in [4.69, 9.17) is 4.74 Å². The van der Waals surface area contributed by atoms with Crippen LogP contribution >= 0.6 is 15.9 Å². The fourth-order valence-corrected chi connectivity index (χ4v) is 5.37. The minimum absolute atomic E-state index is 0.0473. The Bertz CT molecular complexity index is 1200. The molecule has 1 saturated heterocycles. The van der Waals surface area contributed by atoms with Crippen LogP contribution in [0, 0.1) is 11.7 Å². The SMILES string of the molecule is O=C(O)[C@@H]1CN(C(=O)OCC2c3ccccc3-c3ccccc32)C[C@H]1c1ccc(F)c(Br)c1. The fraction of sp³-hybridized carbons (Fsp3) is 0.231. The van der Waals surface area contributed by atoms with Crippen LogP contribution in [0.15, 0.2) is 71.2 Å². The van der Waals surface area contributed by atoms with Crippen molar-refractivity contribution in [2.75, 3.05) is 19.7 Å². The number of halogens is 2. The van der Waals surface area contributed by atoms with Crippen LogP contribution in [-0.4, -0.2) is 41.8 Å². The van der Waals surface area contributed by atoms with Crippen LogP contribution in [0.3, 0.4) is 0 Å². The third-order valence-corrected chi connectivity index (χ3v) is 7.21. The number of benzene rings is 3. The number of carboxylic acid groups (broad SMARTS) is 1. The van der Waals surface area contributed by atoms with Gasteiger partial charge in [0.15, 0.2) is 0 Å². The molecule has 0 bridgehead atoms. The number of nitrogens with zero attached hydrogens (tertiary/aromatic N) is 1. The van der Waals surface area contributed by atoms with Gasteiger partial charge >= 0.3 is 12.1 Å². The van der Waals surface area contributed by atoms with E-state index in [0.717, 1.165) is 22.3 Å². The normalized spacial score (nSPS) is 19.3. The Morgan fingerprint density at radius 1 is 1.00 bits per heavy atom. The lowest BCUT2D eigenvalue weighted by molar-refractivity contribution is -0.141. The zero-order valence-electron chi connectivity index (χ0n) is 17.6. The summed E-state index contributed by atoms with van der Waals surface area (Å²) < 4.78 is 19.6. The lowest BCUT2D eigenvalue weighted by atomic mass is 9.89. The molecule has 0 spiro atoms. The van der Waals surface area contributed by atoms with Gasteiger partial charge < -0.3 is 14.7 Å². The monoisotopic (exact) mass is 509 g/mol.